The van der Waals surface area contributed by atoms with Crippen molar-refractivity contribution in [3.8, 4) is 0 Å². The van der Waals surface area contributed by atoms with Gasteiger partial charge in [0.25, 0.3) is 0 Å². The molecular formula is C20H19Cl2F2N5O. The number of carbonyl (C=O) groups excluding carboxylic acids is 1. The van der Waals surface area contributed by atoms with E-state index in [9.17, 15) is 13.6 Å². The quantitative estimate of drug-likeness (QED) is 0.621. The van der Waals surface area contributed by atoms with Gasteiger partial charge in [-0.05, 0) is 37.3 Å². The third-order valence-corrected chi connectivity index (χ3v) is 5.03. The summed E-state index contributed by atoms with van der Waals surface area (Å²) in [5, 5.41) is 5.53. The molecule has 10 heteroatoms. The van der Waals surface area contributed by atoms with E-state index in [1.54, 1.807) is 31.4 Å². The number of hydrogen-bond acceptors (Lipinski definition) is 5. The molecule has 3 rings (SSSR count). The number of allylic oxidation sites excluding steroid dienone is 1. The van der Waals surface area contributed by atoms with Gasteiger partial charge in [-0.1, -0.05) is 23.7 Å². The van der Waals surface area contributed by atoms with Crippen molar-refractivity contribution in [2.75, 3.05) is 11.9 Å². The lowest BCUT2D eigenvalue weighted by molar-refractivity contribution is -0.121. The minimum Gasteiger partial charge on any atom is -0.364 e. The highest BCUT2D eigenvalue weighted by Crippen LogP contribution is 2.27. The number of nitrogens with one attached hydrogen (secondary N) is 2. The monoisotopic (exact) mass is 453 g/mol. The van der Waals surface area contributed by atoms with Crippen LogP contribution in [0.2, 0.25) is 5.02 Å². The fraction of sp³-hybridized carbons (Fsp3) is 0.300. The van der Waals surface area contributed by atoms with Crippen molar-refractivity contribution >= 4 is 41.1 Å². The van der Waals surface area contributed by atoms with E-state index in [1.165, 1.54) is 30.5 Å². The molecule has 0 saturated heterocycles. The first-order chi connectivity index (χ1) is 14.2. The summed E-state index contributed by atoms with van der Waals surface area (Å²) in [5.41, 5.74) is -0.107. The van der Waals surface area contributed by atoms with Crippen molar-refractivity contribution in [2.45, 2.75) is 30.3 Å². The molecule has 0 aliphatic carbocycles. The fourth-order valence-corrected chi connectivity index (χ4v) is 3.07. The largest absolute Gasteiger partial charge is 0.364 e. The zero-order chi connectivity index (χ0) is 21.8. The van der Waals surface area contributed by atoms with Crippen molar-refractivity contribution in [2.24, 2.45) is 4.99 Å². The van der Waals surface area contributed by atoms with Crippen molar-refractivity contribution < 1.29 is 13.6 Å². The van der Waals surface area contributed by atoms with Crippen LogP contribution in [-0.2, 0) is 17.1 Å². The molecule has 2 atom stereocenters. The molecule has 158 valence electrons. The number of nitrogens with zero attached hydrogens (tertiary/aromatic N) is 3. The molecule has 1 amide bonds. The van der Waals surface area contributed by atoms with Gasteiger partial charge in [-0.2, -0.15) is 8.78 Å². The molecule has 0 spiro atoms. The van der Waals surface area contributed by atoms with E-state index in [0.717, 1.165) is 0 Å². The number of alkyl halides is 3. The first kappa shape index (κ1) is 22.1. The van der Waals surface area contributed by atoms with Crippen LogP contribution < -0.4 is 10.6 Å². The number of pyridine rings is 2. The molecule has 2 N–H and O–H groups in total. The van der Waals surface area contributed by atoms with Crippen LogP contribution in [0.4, 0.5) is 14.6 Å². The SMILES string of the molecule is CC1(Cl)C=CC=NC1NC(=O)Cc1nc(NCC(F)(F)c2ccccn2)ccc1Cl. The second-order valence-corrected chi connectivity index (χ2v) is 8.07. The first-order valence-electron chi connectivity index (χ1n) is 9.05. The van der Waals surface area contributed by atoms with Crippen molar-refractivity contribution in [1.82, 2.24) is 15.3 Å². The van der Waals surface area contributed by atoms with Gasteiger partial charge in [0.2, 0.25) is 5.91 Å². The highest BCUT2D eigenvalue weighted by atomic mass is 35.5. The summed E-state index contributed by atoms with van der Waals surface area (Å²) in [4.78, 5) is 23.6. The number of anilines is 1. The van der Waals surface area contributed by atoms with Gasteiger partial charge in [-0.3, -0.25) is 14.8 Å². The topological polar surface area (TPSA) is 79.3 Å². The molecule has 0 saturated carbocycles. The average Bonchev–Trinajstić information content (AvgIpc) is 2.71. The van der Waals surface area contributed by atoms with Crippen molar-refractivity contribution in [3.63, 3.8) is 0 Å². The summed E-state index contributed by atoms with van der Waals surface area (Å²) < 4.78 is 28.6. The van der Waals surface area contributed by atoms with Crippen LogP contribution in [0.25, 0.3) is 0 Å². The standard InChI is InChI=1S/C20H19Cl2F2N5O/c1-19(22)8-4-10-26-18(19)29-17(30)11-14-13(21)6-7-16(28-14)27-12-20(23,24)15-5-2-3-9-25-15/h2-10,18H,11-12H2,1H3,(H,27,28)(H,29,30). The maximum Gasteiger partial charge on any atom is 0.306 e. The predicted octanol–water partition coefficient (Wildman–Crippen LogP) is 3.96. The van der Waals surface area contributed by atoms with E-state index in [4.69, 9.17) is 23.2 Å². The number of dihydropyridines is 1. The number of amides is 1. The van der Waals surface area contributed by atoms with Crippen LogP contribution in [-0.4, -0.2) is 39.7 Å². The number of rotatable bonds is 7. The van der Waals surface area contributed by atoms with E-state index in [-0.39, 0.29) is 28.6 Å². The number of hydrogen-bond donors (Lipinski definition) is 2. The van der Waals surface area contributed by atoms with Crippen LogP contribution in [0, 0.1) is 0 Å². The lowest BCUT2D eigenvalue weighted by Crippen LogP contribution is -2.47. The highest BCUT2D eigenvalue weighted by Gasteiger charge is 2.33. The molecule has 0 fully saturated rings. The summed E-state index contributed by atoms with van der Waals surface area (Å²) >= 11 is 12.5. The van der Waals surface area contributed by atoms with Gasteiger partial charge in [-0.15, -0.1) is 11.6 Å². The predicted molar refractivity (Wildman–Crippen MR) is 113 cm³/mol. The number of aliphatic imine (C=N–C) groups is 1. The van der Waals surface area contributed by atoms with Gasteiger partial charge in [0.1, 0.15) is 22.6 Å². The zero-order valence-corrected chi connectivity index (χ0v) is 17.5. The lowest BCUT2D eigenvalue weighted by atomic mass is 10.1. The second-order valence-electron chi connectivity index (χ2n) is 6.85. The smallest absolute Gasteiger partial charge is 0.306 e. The Balaban J connectivity index is 1.64. The molecular weight excluding hydrogens is 435 g/mol. The van der Waals surface area contributed by atoms with E-state index >= 15 is 0 Å². The first-order valence-corrected chi connectivity index (χ1v) is 9.81. The van der Waals surface area contributed by atoms with Crippen molar-refractivity contribution in [1.29, 1.82) is 0 Å². The van der Waals surface area contributed by atoms with E-state index in [0.29, 0.717) is 0 Å². The molecule has 0 aromatic carbocycles. The normalized spacial score (nSPS) is 20.8. The molecule has 30 heavy (non-hydrogen) atoms. The zero-order valence-electron chi connectivity index (χ0n) is 15.9. The van der Waals surface area contributed by atoms with E-state index in [1.807, 2.05) is 0 Å². The Morgan fingerprint density at radius 2 is 2.10 bits per heavy atom. The molecule has 1 aliphatic heterocycles. The summed E-state index contributed by atoms with van der Waals surface area (Å²) in [6, 6.07) is 7.26. The van der Waals surface area contributed by atoms with Crippen LogP contribution in [0.3, 0.4) is 0 Å². The van der Waals surface area contributed by atoms with Crippen LogP contribution >= 0.6 is 23.2 Å². The Morgan fingerprint density at radius 3 is 2.80 bits per heavy atom. The van der Waals surface area contributed by atoms with Gasteiger partial charge >= 0.3 is 5.92 Å². The third-order valence-electron chi connectivity index (χ3n) is 4.35. The summed E-state index contributed by atoms with van der Waals surface area (Å²) in [6.45, 7) is 1.02. The van der Waals surface area contributed by atoms with E-state index < -0.39 is 29.4 Å². The molecule has 0 bridgehead atoms. The summed E-state index contributed by atoms with van der Waals surface area (Å²) in [6.07, 6.45) is 5.47. The Morgan fingerprint density at radius 1 is 1.30 bits per heavy atom. The minimum atomic E-state index is -3.20. The van der Waals surface area contributed by atoms with Crippen LogP contribution in [0.5, 0.6) is 0 Å². The molecule has 1 aliphatic rings. The van der Waals surface area contributed by atoms with Gasteiger partial charge < -0.3 is 10.6 Å². The number of carbonyl (C=O) groups is 1. The molecule has 2 aromatic heterocycles. The second kappa shape index (κ2) is 9.06. The lowest BCUT2D eigenvalue weighted by Gasteiger charge is -2.28. The maximum atomic E-state index is 14.3. The Kier molecular flexibility index (Phi) is 6.67. The summed E-state index contributed by atoms with van der Waals surface area (Å²) in [5.74, 6) is -3.43. The molecule has 3 heterocycles. The maximum absolute atomic E-state index is 14.3. The molecule has 2 aromatic rings. The number of halogens is 4. The fourth-order valence-electron chi connectivity index (χ4n) is 2.72. The Hall–Kier alpha value is -2.58. The minimum absolute atomic E-state index is 0.159. The molecule has 2 unspecified atom stereocenters. The molecule has 6 nitrogen and oxygen atoms in total. The van der Waals surface area contributed by atoms with Gasteiger partial charge in [-0.25, -0.2) is 4.98 Å². The van der Waals surface area contributed by atoms with E-state index in [2.05, 4.69) is 25.6 Å². The van der Waals surface area contributed by atoms with Crippen molar-refractivity contribution in [3.05, 3.63) is 65.1 Å². The Bertz CT molecular complexity index is 967. The Labute approximate surface area is 182 Å². The van der Waals surface area contributed by atoms with Gasteiger partial charge in [0.05, 0.1) is 23.7 Å². The van der Waals surface area contributed by atoms with Crippen LogP contribution in [0.15, 0.2) is 53.7 Å². The van der Waals surface area contributed by atoms with Crippen LogP contribution in [0.1, 0.15) is 18.3 Å². The molecule has 0 radical (unpaired) electrons. The summed E-state index contributed by atoms with van der Waals surface area (Å²) in [7, 11) is 0. The third kappa shape index (κ3) is 5.52. The highest BCUT2D eigenvalue weighted by molar-refractivity contribution is 6.31. The van der Waals surface area contributed by atoms with Gasteiger partial charge in [0.15, 0.2) is 0 Å². The number of aromatic nitrogens is 2. The average molecular weight is 454 g/mol. The van der Waals surface area contributed by atoms with Gasteiger partial charge in [0, 0.05) is 12.4 Å².